The molecule has 2 amide bonds. The fourth-order valence-corrected chi connectivity index (χ4v) is 2.80. The first-order valence-electron chi connectivity index (χ1n) is 7.21. The zero-order valence-corrected chi connectivity index (χ0v) is 11.6. The van der Waals surface area contributed by atoms with E-state index < -0.39 is 0 Å². The van der Waals surface area contributed by atoms with E-state index in [1.165, 1.54) is 0 Å². The molecule has 0 spiro atoms. The van der Waals surface area contributed by atoms with E-state index in [9.17, 15) is 9.59 Å². The van der Waals surface area contributed by atoms with Crippen LogP contribution in [0.2, 0.25) is 0 Å². The first kappa shape index (κ1) is 13.1. The van der Waals surface area contributed by atoms with Gasteiger partial charge in [0, 0.05) is 6.20 Å². The minimum absolute atomic E-state index is 0.00474. The van der Waals surface area contributed by atoms with E-state index in [4.69, 9.17) is 0 Å². The highest BCUT2D eigenvalue weighted by molar-refractivity contribution is 5.97. The maximum Gasteiger partial charge on any atom is 0.246 e. The Balaban J connectivity index is 1.85. The van der Waals surface area contributed by atoms with Gasteiger partial charge in [-0.15, -0.1) is 0 Å². The summed E-state index contributed by atoms with van der Waals surface area (Å²) in [5, 5.41) is 2.85. The van der Waals surface area contributed by atoms with E-state index in [1.54, 1.807) is 11.1 Å². The summed E-state index contributed by atoms with van der Waals surface area (Å²) in [5.74, 6) is 0.338. The van der Waals surface area contributed by atoms with Crippen molar-refractivity contribution in [1.82, 2.24) is 15.2 Å². The minimum Gasteiger partial charge on any atom is -0.343 e. The molecule has 0 radical (unpaired) electrons. The van der Waals surface area contributed by atoms with Crippen LogP contribution in [-0.2, 0) is 16.1 Å². The summed E-state index contributed by atoms with van der Waals surface area (Å²) in [6.45, 7) is 2.34. The van der Waals surface area contributed by atoms with Gasteiger partial charge in [0.1, 0.15) is 12.1 Å². The molecular weight excluding hydrogens is 254 g/mol. The number of carbonyl (C=O) groups is 2. The highest BCUT2D eigenvalue weighted by Crippen LogP contribution is 2.37. The van der Waals surface area contributed by atoms with Gasteiger partial charge in [-0.2, -0.15) is 0 Å². The van der Waals surface area contributed by atoms with Crippen LogP contribution in [0.15, 0.2) is 24.4 Å². The fourth-order valence-electron chi connectivity index (χ4n) is 2.80. The molecule has 2 atom stereocenters. The van der Waals surface area contributed by atoms with Crippen molar-refractivity contribution in [3.05, 3.63) is 30.1 Å². The Labute approximate surface area is 118 Å². The van der Waals surface area contributed by atoms with Gasteiger partial charge in [0.2, 0.25) is 11.8 Å². The molecular formula is C15H19N3O2. The SMILES string of the molecule is CCC1NC(=O)C(C2CC2)N(Cc2ccccn2)C1=O. The highest BCUT2D eigenvalue weighted by Gasteiger charge is 2.47. The van der Waals surface area contributed by atoms with Crippen LogP contribution in [0.5, 0.6) is 0 Å². The molecule has 1 aliphatic heterocycles. The van der Waals surface area contributed by atoms with Gasteiger partial charge in [0.25, 0.3) is 0 Å². The molecule has 1 saturated heterocycles. The van der Waals surface area contributed by atoms with Gasteiger partial charge in [-0.05, 0) is 37.3 Å². The van der Waals surface area contributed by atoms with Gasteiger partial charge >= 0.3 is 0 Å². The third-order valence-corrected chi connectivity index (χ3v) is 4.04. The molecule has 20 heavy (non-hydrogen) atoms. The second-order valence-corrected chi connectivity index (χ2v) is 5.54. The third-order valence-electron chi connectivity index (χ3n) is 4.04. The molecule has 0 bridgehead atoms. The van der Waals surface area contributed by atoms with Crippen molar-refractivity contribution in [2.24, 2.45) is 5.92 Å². The van der Waals surface area contributed by atoms with Crippen LogP contribution >= 0.6 is 0 Å². The number of pyridine rings is 1. The first-order valence-corrected chi connectivity index (χ1v) is 7.21. The molecule has 1 aromatic heterocycles. The van der Waals surface area contributed by atoms with Crippen LogP contribution in [-0.4, -0.2) is 33.8 Å². The normalized spacial score (nSPS) is 26.6. The number of carbonyl (C=O) groups excluding carboxylic acids is 2. The Hall–Kier alpha value is -1.91. The number of nitrogens with one attached hydrogen (secondary N) is 1. The van der Waals surface area contributed by atoms with Crippen LogP contribution in [0, 0.1) is 5.92 Å². The molecule has 106 valence electrons. The third kappa shape index (κ3) is 2.40. The van der Waals surface area contributed by atoms with Gasteiger partial charge in [-0.25, -0.2) is 0 Å². The average Bonchev–Trinajstić information content (AvgIpc) is 3.28. The largest absolute Gasteiger partial charge is 0.343 e. The lowest BCUT2D eigenvalue weighted by Gasteiger charge is -2.38. The number of nitrogens with zero attached hydrogens (tertiary/aromatic N) is 2. The first-order chi connectivity index (χ1) is 9.70. The van der Waals surface area contributed by atoms with Gasteiger partial charge in [0.05, 0.1) is 12.2 Å². The zero-order valence-electron chi connectivity index (χ0n) is 11.6. The summed E-state index contributed by atoms with van der Waals surface area (Å²) in [5.41, 5.74) is 0.830. The molecule has 2 unspecified atom stereocenters. The van der Waals surface area contributed by atoms with Crippen molar-refractivity contribution >= 4 is 11.8 Å². The van der Waals surface area contributed by atoms with Gasteiger partial charge in [0.15, 0.2) is 0 Å². The summed E-state index contributed by atoms with van der Waals surface area (Å²) >= 11 is 0. The highest BCUT2D eigenvalue weighted by atomic mass is 16.2. The Bertz CT molecular complexity index is 513. The van der Waals surface area contributed by atoms with E-state index >= 15 is 0 Å². The number of rotatable bonds is 4. The van der Waals surface area contributed by atoms with Crippen molar-refractivity contribution in [2.75, 3.05) is 0 Å². The second-order valence-electron chi connectivity index (χ2n) is 5.54. The Morgan fingerprint density at radius 3 is 2.75 bits per heavy atom. The van der Waals surface area contributed by atoms with Gasteiger partial charge in [-0.3, -0.25) is 14.6 Å². The van der Waals surface area contributed by atoms with Crippen molar-refractivity contribution in [3.63, 3.8) is 0 Å². The van der Waals surface area contributed by atoms with E-state index in [2.05, 4.69) is 10.3 Å². The Morgan fingerprint density at radius 2 is 2.15 bits per heavy atom. The van der Waals surface area contributed by atoms with Crippen molar-refractivity contribution < 1.29 is 9.59 Å². The van der Waals surface area contributed by atoms with Crippen LogP contribution in [0.3, 0.4) is 0 Å². The molecule has 3 rings (SSSR count). The monoisotopic (exact) mass is 273 g/mol. The molecule has 1 aromatic rings. The van der Waals surface area contributed by atoms with Crippen molar-refractivity contribution in [1.29, 1.82) is 0 Å². The van der Waals surface area contributed by atoms with Crippen LogP contribution in [0.4, 0.5) is 0 Å². The molecule has 0 aromatic carbocycles. The van der Waals surface area contributed by atoms with Gasteiger partial charge < -0.3 is 10.2 Å². The fraction of sp³-hybridized carbons (Fsp3) is 0.533. The topological polar surface area (TPSA) is 62.3 Å². The van der Waals surface area contributed by atoms with Crippen molar-refractivity contribution in [3.8, 4) is 0 Å². The minimum atomic E-state index is -0.388. The van der Waals surface area contributed by atoms with Crippen molar-refractivity contribution in [2.45, 2.75) is 44.8 Å². The molecule has 1 N–H and O–H groups in total. The summed E-state index contributed by atoms with van der Waals surface area (Å²) in [6.07, 6.45) is 4.40. The van der Waals surface area contributed by atoms with E-state index in [-0.39, 0.29) is 23.9 Å². The predicted octanol–water partition coefficient (Wildman–Crippen LogP) is 1.10. The summed E-state index contributed by atoms with van der Waals surface area (Å²) in [4.78, 5) is 30.8. The zero-order chi connectivity index (χ0) is 14.1. The lowest BCUT2D eigenvalue weighted by molar-refractivity contribution is -0.151. The van der Waals surface area contributed by atoms with E-state index in [0.29, 0.717) is 18.9 Å². The second kappa shape index (κ2) is 5.23. The molecule has 1 saturated carbocycles. The van der Waals surface area contributed by atoms with Gasteiger partial charge in [-0.1, -0.05) is 13.0 Å². The molecule has 5 heteroatoms. The maximum absolute atomic E-state index is 12.5. The molecule has 5 nitrogen and oxygen atoms in total. The Morgan fingerprint density at radius 1 is 1.35 bits per heavy atom. The maximum atomic E-state index is 12.5. The average molecular weight is 273 g/mol. The standard InChI is InChI=1S/C15H19N3O2/c1-2-12-15(20)18(9-11-5-3-4-8-16-11)13(10-6-7-10)14(19)17-12/h3-5,8,10,12-13H,2,6-7,9H2,1H3,(H,17,19). The van der Waals surface area contributed by atoms with Crippen LogP contribution in [0.1, 0.15) is 31.9 Å². The summed E-state index contributed by atoms with van der Waals surface area (Å²) < 4.78 is 0. The lowest BCUT2D eigenvalue weighted by atomic mass is 10.0. The quantitative estimate of drug-likeness (QED) is 0.893. The van der Waals surface area contributed by atoms with Crippen LogP contribution < -0.4 is 5.32 Å². The number of amides is 2. The summed E-state index contributed by atoms with van der Waals surface area (Å²) in [7, 11) is 0. The number of hydrogen-bond donors (Lipinski definition) is 1. The van der Waals surface area contributed by atoms with Crippen LogP contribution in [0.25, 0.3) is 0 Å². The molecule has 1 aliphatic carbocycles. The number of hydrogen-bond acceptors (Lipinski definition) is 3. The van der Waals surface area contributed by atoms with E-state index in [0.717, 1.165) is 18.5 Å². The summed E-state index contributed by atoms with van der Waals surface area (Å²) in [6, 6.07) is 4.94. The number of aromatic nitrogens is 1. The molecule has 2 heterocycles. The molecule has 2 aliphatic rings. The lowest BCUT2D eigenvalue weighted by Crippen LogP contribution is -2.63. The molecule has 2 fully saturated rings. The van der Waals surface area contributed by atoms with E-state index in [1.807, 2.05) is 25.1 Å². The number of piperazine rings is 1. The Kier molecular flexibility index (Phi) is 3.42. The predicted molar refractivity (Wildman–Crippen MR) is 73.5 cm³/mol. The smallest absolute Gasteiger partial charge is 0.246 e.